The zero-order valence-electron chi connectivity index (χ0n) is 9.31. The summed E-state index contributed by atoms with van der Waals surface area (Å²) in [6.07, 6.45) is 0.177. The largest absolute Gasteiger partial charge is 0.491 e. The van der Waals surface area contributed by atoms with Crippen molar-refractivity contribution in [2.75, 3.05) is 5.73 Å². The molecule has 0 aliphatic rings. The molecule has 1 aromatic heterocycles. The summed E-state index contributed by atoms with van der Waals surface area (Å²) in [5.41, 5.74) is 7.54. The van der Waals surface area contributed by atoms with Gasteiger partial charge in [0.25, 0.3) is 0 Å². The van der Waals surface area contributed by atoms with E-state index in [2.05, 4.69) is 4.98 Å². The van der Waals surface area contributed by atoms with Gasteiger partial charge >= 0.3 is 0 Å². The Hall–Kier alpha value is -1.55. The van der Waals surface area contributed by atoms with Gasteiger partial charge in [-0.1, -0.05) is 12.1 Å². The van der Waals surface area contributed by atoms with Crippen LogP contribution in [-0.2, 0) is 0 Å². The van der Waals surface area contributed by atoms with Crippen molar-refractivity contribution in [2.24, 2.45) is 0 Å². The third kappa shape index (κ3) is 2.52. The Labute approximate surface area is 98.9 Å². The summed E-state index contributed by atoms with van der Waals surface area (Å²) in [4.78, 5) is 4.24. The van der Waals surface area contributed by atoms with E-state index in [-0.39, 0.29) is 6.10 Å². The maximum atomic E-state index is 5.63. The van der Waals surface area contributed by atoms with Crippen LogP contribution in [0.15, 0.2) is 29.6 Å². The van der Waals surface area contributed by atoms with Crippen LogP contribution in [0.4, 0.5) is 5.13 Å². The van der Waals surface area contributed by atoms with Crippen LogP contribution >= 0.6 is 11.3 Å². The summed E-state index contributed by atoms with van der Waals surface area (Å²) in [6.45, 7) is 4.01. The number of anilines is 1. The van der Waals surface area contributed by atoms with Crippen molar-refractivity contribution in [3.63, 3.8) is 0 Å². The second-order valence-electron chi connectivity index (χ2n) is 3.77. The molecule has 2 N–H and O–H groups in total. The summed E-state index contributed by atoms with van der Waals surface area (Å²) in [7, 11) is 0. The number of thiazole rings is 1. The number of hydrogen-bond donors (Lipinski definition) is 1. The maximum Gasteiger partial charge on any atom is 0.180 e. The van der Waals surface area contributed by atoms with Crippen molar-refractivity contribution in [1.82, 2.24) is 4.98 Å². The van der Waals surface area contributed by atoms with Gasteiger partial charge in [0.15, 0.2) is 5.13 Å². The Kier molecular flexibility index (Phi) is 3.10. The van der Waals surface area contributed by atoms with Gasteiger partial charge in [-0.3, -0.25) is 0 Å². The second kappa shape index (κ2) is 4.53. The van der Waals surface area contributed by atoms with Crippen LogP contribution in [-0.4, -0.2) is 11.1 Å². The number of ether oxygens (including phenoxy) is 1. The van der Waals surface area contributed by atoms with Crippen molar-refractivity contribution < 1.29 is 4.74 Å². The van der Waals surface area contributed by atoms with E-state index in [1.807, 2.05) is 43.5 Å². The van der Waals surface area contributed by atoms with Gasteiger partial charge in [0.05, 0.1) is 11.8 Å². The van der Waals surface area contributed by atoms with Crippen LogP contribution in [0.3, 0.4) is 0 Å². The number of nitrogens with two attached hydrogens (primary N) is 1. The fourth-order valence-electron chi connectivity index (χ4n) is 1.42. The molecule has 0 radical (unpaired) electrons. The highest BCUT2D eigenvalue weighted by atomic mass is 32.1. The van der Waals surface area contributed by atoms with Crippen LogP contribution in [0.25, 0.3) is 11.3 Å². The molecule has 16 heavy (non-hydrogen) atoms. The van der Waals surface area contributed by atoms with E-state index in [1.54, 1.807) is 0 Å². The number of hydrogen-bond acceptors (Lipinski definition) is 4. The predicted octanol–water partition coefficient (Wildman–Crippen LogP) is 3.18. The van der Waals surface area contributed by atoms with E-state index in [1.165, 1.54) is 11.3 Å². The van der Waals surface area contributed by atoms with Gasteiger partial charge in [0.2, 0.25) is 0 Å². The highest BCUT2D eigenvalue weighted by Crippen LogP contribution is 2.26. The van der Waals surface area contributed by atoms with E-state index in [4.69, 9.17) is 10.5 Å². The third-order valence-corrected chi connectivity index (χ3v) is 2.70. The molecule has 3 nitrogen and oxygen atoms in total. The average molecular weight is 234 g/mol. The van der Waals surface area contributed by atoms with Crippen LogP contribution in [0.1, 0.15) is 13.8 Å². The smallest absolute Gasteiger partial charge is 0.180 e. The van der Waals surface area contributed by atoms with Gasteiger partial charge in [-0.05, 0) is 26.0 Å². The lowest BCUT2D eigenvalue weighted by Gasteiger charge is -2.10. The maximum absolute atomic E-state index is 5.63. The third-order valence-electron chi connectivity index (χ3n) is 2.02. The first-order chi connectivity index (χ1) is 7.65. The molecule has 0 unspecified atom stereocenters. The molecule has 0 aliphatic heterocycles. The first-order valence-electron chi connectivity index (χ1n) is 5.13. The van der Waals surface area contributed by atoms with Crippen LogP contribution in [0.5, 0.6) is 5.75 Å². The minimum absolute atomic E-state index is 0.177. The summed E-state index contributed by atoms with van der Waals surface area (Å²) >= 11 is 1.44. The number of nitrogen functional groups attached to an aromatic ring is 1. The van der Waals surface area contributed by atoms with Crippen molar-refractivity contribution in [1.29, 1.82) is 0 Å². The molecule has 0 aliphatic carbocycles. The molecular formula is C12H14N2OS. The van der Waals surface area contributed by atoms with Crippen LogP contribution in [0.2, 0.25) is 0 Å². The zero-order chi connectivity index (χ0) is 11.5. The first kappa shape index (κ1) is 11.0. The van der Waals surface area contributed by atoms with E-state index < -0.39 is 0 Å². The Balaban J connectivity index is 2.28. The van der Waals surface area contributed by atoms with Gasteiger partial charge in [-0.25, -0.2) is 4.98 Å². The molecule has 0 saturated heterocycles. The molecule has 1 aromatic carbocycles. The molecule has 4 heteroatoms. The Morgan fingerprint density at radius 3 is 2.81 bits per heavy atom. The fraction of sp³-hybridized carbons (Fsp3) is 0.250. The van der Waals surface area contributed by atoms with Crippen LogP contribution in [0, 0.1) is 0 Å². The summed E-state index contributed by atoms with van der Waals surface area (Å²) in [6, 6.07) is 7.89. The fourth-order valence-corrected chi connectivity index (χ4v) is 1.99. The van der Waals surface area contributed by atoms with Gasteiger partial charge in [-0.15, -0.1) is 11.3 Å². The number of nitrogens with zero attached hydrogens (tertiary/aromatic N) is 1. The van der Waals surface area contributed by atoms with Gasteiger partial charge in [-0.2, -0.15) is 0 Å². The Morgan fingerprint density at radius 1 is 1.38 bits per heavy atom. The van der Waals surface area contributed by atoms with E-state index in [9.17, 15) is 0 Å². The number of benzene rings is 1. The van der Waals surface area contributed by atoms with Gasteiger partial charge in [0.1, 0.15) is 5.75 Å². The first-order valence-corrected chi connectivity index (χ1v) is 6.01. The van der Waals surface area contributed by atoms with E-state index >= 15 is 0 Å². The predicted molar refractivity (Wildman–Crippen MR) is 67.7 cm³/mol. The lowest BCUT2D eigenvalue weighted by atomic mass is 10.1. The molecule has 84 valence electrons. The molecule has 2 rings (SSSR count). The summed E-state index contributed by atoms with van der Waals surface area (Å²) in [5.74, 6) is 0.860. The topological polar surface area (TPSA) is 48.1 Å². The molecule has 0 spiro atoms. The monoisotopic (exact) mass is 234 g/mol. The SMILES string of the molecule is CC(C)Oc1cccc(-c2csc(N)n2)c1. The highest BCUT2D eigenvalue weighted by Gasteiger charge is 2.04. The highest BCUT2D eigenvalue weighted by molar-refractivity contribution is 7.13. The van der Waals surface area contributed by atoms with Gasteiger partial charge < -0.3 is 10.5 Å². The molecule has 0 atom stereocenters. The molecular weight excluding hydrogens is 220 g/mol. The van der Waals surface area contributed by atoms with Crippen molar-refractivity contribution in [3.05, 3.63) is 29.6 Å². The molecule has 0 fully saturated rings. The lowest BCUT2D eigenvalue weighted by molar-refractivity contribution is 0.242. The van der Waals surface area contributed by atoms with E-state index in [0.29, 0.717) is 5.13 Å². The summed E-state index contributed by atoms with van der Waals surface area (Å²) < 4.78 is 5.63. The molecule has 0 bridgehead atoms. The number of rotatable bonds is 3. The van der Waals surface area contributed by atoms with Crippen molar-refractivity contribution in [2.45, 2.75) is 20.0 Å². The summed E-state index contributed by atoms with van der Waals surface area (Å²) in [5, 5.41) is 2.54. The molecule has 2 aromatic rings. The quantitative estimate of drug-likeness (QED) is 0.887. The minimum atomic E-state index is 0.177. The van der Waals surface area contributed by atoms with Crippen molar-refractivity contribution >= 4 is 16.5 Å². The van der Waals surface area contributed by atoms with Crippen LogP contribution < -0.4 is 10.5 Å². The van der Waals surface area contributed by atoms with E-state index in [0.717, 1.165) is 17.0 Å². The Morgan fingerprint density at radius 2 is 2.19 bits per heavy atom. The minimum Gasteiger partial charge on any atom is -0.491 e. The normalized spacial score (nSPS) is 10.7. The zero-order valence-corrected chi connectivity index (χ0v) is 10.1. The molecule has 1 heterocycles. The Bertz CT molecular complexity index is 479. The average Bonchev–Trinajstić information content (AvgIpc) is 2.64. The molecule has 0 amide bonds. The standard InChI is InChI=1S/C12H14N2OS/c1-8(2)15-10-5-3-4-9(6-10)11-7-16-12(13)14-11/h3-8H,1-2H3,(H2,13,14). The van der Waals surface area contributed by atoms with Crippen molar-refractivity contribution in [3.8, 4) is 17.0 Å². The molecule has 0 saturated carbocycles. The number of aromatic nitrogens is 1. The second-order valence-corrected chi connectivity index (χ2v) is 4.66. The lowest BCUT2D eigenvalue weighted by Crippen LogP contribution is -2.05. The van der Waals surface area contributed by atoms with Gasteiger partial charge in [0, 0.05) is 10.9 Å².